The highest BCUT2D eigenvalue weighted by Crippen LogP contribution is 2.22. The second-order valence-corrected chi connectivity index (χ2v) is 4.61. The zero-order valence-electron chi connectivity index (χ0n) is 12.1. The van der Waals surface area contributed by atoms with Gasteiger partial charge in [0.1, 0.15) is 24.1 Å². The van der Waals surface area contributed by atoms with E-state index >= 15 is 0 Å². The summed E-state index contributed by atoms with van der Waals surface area (Å²) in [7, 11) is 0. The van der Waals surface area contributed by atoms with Crippen molar-refractivity contribution in [1.29, 1.82) is 0 Å². The van der Waals surface area contributed by atoms with Crippen LogP contribution < -0.4 is 10.6 Å². The lowest BCUT2D eigenvalue weighted by molar-refractivity contribution is -0.0373. The molecule has 1 aromatic heterocycles. The van der Waals surface area contributed by atoms with Gasteiger partial charge < -0.3 is 15.7 Å². The fourth-order valence-electron chi connectivity index (χ4n) is 1.58. The number of rotatable bonds is 8. The average molecular weight is 288 g/mol. The molecule has 0 radical (unpaired) electrons. The maximum atomic E-state index is 13.1. The Morgan fingerprint density at radius 2 is 1.75 bits per heavy atom. The highest BCUT2D eigenvalue weighted by molar-refractivity contribution is 5.57. The molecule has 0 aliphatic carbocycles. The van der Waals surface area contributed by atoms with Gasteiger partial charge >= 0.3 is 0 Å². The zero-order chi connectivity index (χ0) is 15.2. The summed E-state index contributed by atoms with van der Waals surface area (Å²) in [6.45, 7) is 4.62. The van der Waals surface area contributed by atoms with Crippen molar-refractivity contribution in [1.82, 2.24) is 9.97 Å². The van der Waals surface area contributed by atoms with Gasteiger partial charge in [0.05, 0.1) is 6.54 Å². The normalized spacial score (nSPS) is 11.5. The Balaban J connectivity index is 2.93. The Labute approximate surface area is 117 Å². The van der Waals surface area contributed by atoms with Gasteiger partial charge in [-0.25, -0.2) is 18.7 Å². The second kappa shape index (κ2) is 7.33. The van der Waals surface area contributed by atoms with Crippen molar-refractivity contribution in [2.45, 2.75) is 39.5 Å². The van der Waals surface area contributed by atoms with Crippen molar-refractivity contribution >= 4 is 11.6 Å². The fraction of sp³-hybridized carbons (Fsp3) is 0.692. The third-order valence-corrected chi connectivity index (χ3v) is 2.80. The second-order valence-electron chi connectivity index (χ2n) is 4.61. The summed E-state index contributed by atoms with van der Waals surface area (Å²) in [5.41, 5.74) is 0.699. The summed E-state index contributed by atoms with van der Waals surface area (Å²) in [5, 5.41) is 14.3. The number of aryl methyl sites for hydroxylation is 1. The van der Waals surface area contributed by atoms with E-state index in [1.54, 1.807) is 6.92 Å². The van der Waals surface area contributed by atoms with Crippen molar-refractivity contribution in [3.05, 3.63) is 11.4 Å². The van der Waals surface area contributed by atoms with E-state index in [0.29, 0.717) is 29.4 Å². The van der Waals surface area contributed by atoms with Crippen LogP contribution in [0, 0.1) is 6.92 Å². The quantitative estimate of drug-likeness (QED) is 0.684. The van der Waals surface area contributed by atoms with E-state index in [1.165, 1.54) is 0 Å². The molecule has 0 spiro atoms. The van der Waals surface area contributed by atoms with Gasteiger partial charge in [-0.15, -0.1) is 0 Å². The summed E-state index contributed by atoms with van der Waals surface area (Å²) < 4.78 is 26.2. The molecule has 1 rings (SSSR count). The number of aliphatic hydroxyl groups excluding tert-OH is 1. The predicted molar refractivity (Wildman–Crippen MR) is 75.5 cm³/mol. The molecule has 20 heavy (non-hydrogen) atoms. The number of alkyl halides is 2. The molecule has 0 fully saturated rings. The molecule has 0 aromatic carbocycles. The molecule has 0 amide bonds. The number of aromatic nitrogens is 2. The lowest BCUT2D eigenvalue weighted by atomic mass is 10.2. The number of hydrogen-bond acceptors (Lipinski definition) is 5. The minimum atomic E-state index is -3.17. The van der Waals surface area contributed by atoms with Crippen LogP contribution in [-0.4, -0.2) is 40.7 Å². The van der Waals surface area contributed by atoms with Crippen molar-refractivity contribution in [2.24, 2.45) is 0 Å². The summed E-state index contributed by atoms with van der Waals surface area (Å²) in [6, 6.07) is 0. The Bertz CT molecular complexity index is 441. The highest BCUT2D eigenvalue weighted by Gasteiger charge is 2.28. The molecule has 0 saturated heterocycles. The van der Waals surface area contributed by atoms with E-state index < -0.39 is 19.1 Å². The van der Waals surface area contributed by atoms with Gasteiger partial charge in [-0.3, -0.25) is 0 Å². The minimum absolute atomic E-state index is 0.378. The van der Waals surface area contributed by atoms with Gasteiger partial charge in [0.15, 0.2) is 0 Å². The zero-order valence-corrected chi connectivity index (χ0v) is 12.1. The van der Waals surface area contributed by atoms with Gasteiger partial charge in [0.2, 0.25) is 0 Å². The number of halogens is 2. The van der Waals surface area contributed by atoms with Crippen LogP contribution >= 0.6 is 0 Å². The predicted octanol–water partition coefficient (Wildman–Crippen LogP) is 2.21. The fourth-order valence-corrected chi connectivity index (χ4v) is 1.58. The van der Waals surface area contributed by atoms with Gasteiger partial charge in [-0.05, 0) is 13.3 Å². The first-order chi connectivity index (χ1) is 9.43. The van der Waals surface area contributed by atoms with Gasteiger partial charge in [-0.1, -0.05) is 13.8 Å². The first kappa shape index (κ1) is 16.6. The van der Waals surface area contributed by atoms with E-state index in [0.717, 1.165) is 13.0 Å². The molecule has 1 aromatic rings. The van der Waals surface area contributed by atoms with E-state index in [-0.39, 0.29) is 0 Å². The molecular weight excluding hydrogens is 266 g/mol. The topological polar surface area (TPSA) is 70.1 Å². The first-order valence-corrected chi connectivity index (χ1v) is 6.77. The monoisotopic (exact) mass is 288 g/mol. The minimum Gasteiger partial charge on any atom is -0.390 e. The average Bonchev–Trinajstić information content (AvgIpc) is 2.45. The number of nitrogens with zero attached hydrogens (tertiary/aromatic N) is 2. The third kappa shape index (κ3) is 4.56. The van der Waals surface area contributed by atoms with Crippen LogP contribution in [0.5, 0.6) is 0 Å². The van der Waals surface area contributed by atoms with Crippen LogP contribution in [0.15, 0.2) is 0 Å². The van der Waals surface area contributed by atoms with Crippen LogP contribution in [0.4, 0.5) is 20.4 Å². The van der Waals surface area contributed by atoms with E-state index in [1.807, 2.05) is 13.8 Å². The Morgan fingerprint density at radius 3 is 2.25 bits per heavy atom. The van der Waals surface area contributed by atoms with Crippen molar-refractivity contribution < 1.29 is 13.9 Å². The molecule has 1 heterocycles. The van der Waals surface area contributed by atoms with Crippen LogP contribution in [0.2, 0.25) is 0 Å². The molecule has 0 aliphatic rings. The Hall–Kier alpha value is -1.50. The molecule has 0 unspecified atom stereocenters. The van der Waals surface area contributed by atoms with Crippen LogP contribution in [0.1, 0.15) is 31.7 Å². The molecule has 5 nitrogen and oxygen atoms in total. The molecule has 7 heteroatoms. The van der Waals surface area contributed by atoms with Crippen molar-refractivity contribution in [3.8, 4) is 0 Å². The third-order valence-electron chi connectivity index (χ3n) is 2.80. The van der Waals surface area contributed by atoms with E-state index in [4.69, 9.17) is 5.11 Å². The molecule has 3 N–H and O–H groups in total. The molecular formula is C13H22F2N4O. The highest BCUT2D eigenvalue weighted by atomic mass is 19.3. The maximum absolute atomic E-state index is 13.1. The lowest BCUT2D eigenvalue weighted by Gasteiger charge is -2.18. The molecule has 0 bridgehead atoms. The number of anilines is 2. The van der Waals surface area contributed by atoms with Crippen molar-refractivity contribution in [2.75, 3.05) is 30.3 Å². The van der Waals surface area contributed by atoms with Crippen LogP contribution in [0.25, 0.3) is 0 Å². The molecule has 0 saturated carbocycles. The van der Waals surface area contributed by atoms with E-state index in [9.17, 15) is 8.78 Å². The summed E-state index contributed by atoms with van der Waals surface area (Å²) >= 11 is 0. The maximum Gasteiger partial charge on any atom is 0.287 e. The smallest absolute Gasteiger partial charge is 0.287 e. The SMILES string of the molecule is CCCNc1nc(CC)nc(NCC(F)(F)CO)c1C. The van der Waals surface area contributed by atoms with Gasteiger partial charge in [-0.2, -0.15) is 0 Å². The van der Waals surface area contributed by atoms with Gasteiger partial charge in [0, 0.05) is 18.5 Å². The standard InChI is InChI=1S/C13H22F2N4O/c1-4-6-16-11-9(3)12(19-10(5-2)18-11)17-7-13(14,15)8-20/h20H,4-8H2,1-3H3,(H2,16,17,18,19). The molecule has 0 aliphatic heterocycles. The number of hydrogen-bond donors (Lipinski definition) is 3. The lowest BCUT2D eigenvalue weighted by Crippen LogP contribution is -2.31. The van der Waals surface area contributed by atoms with E-state index in [2.05, 4.69) is 20.6 Å². The molecule has 0 atom stereocenters. The Kier molecular flexibility index (Phi) is 6.06. The van der Waals surface area contributed by atoms with Crippen LogP contribution in [0.3, 0.4) is 0 Å². The number of aliphatic hydroxyl groups is 1. The van der Waals surface area contributed by atoms with Gasteiger partial charge in [0.25, 0.3) is 5.92 Å². The van der Waals surface area contributed by atoms with Crippen molar-refractivity contribution in [3.63, 3.8) is 0 Å². The number of nitrogens with one attached hydrogen (secondary N) is 2. The summed E-state index contributed by atoms with van der Waals surface area (Å²) in [6.07, 6.45) is 1.56. The molecule has 114 valence electrons. The largest absolute Gasteiger partial charge is 0.390 e. The first-order valence-electron chi connectivity index (χ1n) is 6.77. The van der Waals surface area contributed by atoms with Crippen LogP contribution in [-0.2, 0) is 6.42 Å². The Morgan fingerprint density at radius 1 is 1.15 bits per heavy atom. The summed E-state index contributed by atoms with van der Waals surface area (Å²) in [4.78, 5) is 8.57. The summed E-state index contributed by atoms with van der Waals surface area (Å²) in [5.74, 6) is -1.54.